The van der Waals surface area contributed by atoms with Crippen molar-refractivity contribution in [2.75, 3.05) is 13.7 Å². The molecule has 0 saturated heterocycles. The summed E-state index contributed by atoms with van der Waals surface area (Å²) in [6.07, 6.45) is 11.8. The highest BCUT2D eigenvalue weighted by Gasteiger charge is 2.13. The summed E-state index contributed by atoms with van der Waals surface area (Å²) in [6.45, 7) is 10.4. The lowest BCUT2D eigenvalue weighted by Crippen LogP contribution is -2.22. The van der Waals surface area contributed by atoms with Gasteiger partial charge in [0.25, 0.3) is 0 Å². The summed E-state index contributed by atoms with van der Waals surface area (Å²) in [5, 5.41) is 0. The Morgan fingerprint density at radius 2 is 2.07 bits per heavy atom. The predicted molar refractivity (Wildman–Crippen MR) is 65.8 cm³/mol. The highest BCUT2D eigenvalue weighted by molar-refractivity contribution is 5.40. The molecule has 80 valence electrons. The summed E-state index contributed by atoms with van der Waals surface area (Å²) >= 11 is 0. The van der Waals surface area contributed by atoms with Crippen LogP contribution >= 0.6 is 0 Å². The molecule has 1 aliphatic rings. The van der Waals surface area contributed by atoms with E-state index in [1.54, 1.807) is 6.08 Å². The molecule has 0 aliphatic carbocycles. The number of hydrogen-bond acceptors (Lipinski definition) is 2. The first-order chi connectivity index (χ1) is 7.22. The molecule has 0 amide bonds. The van der Waals surface area contributed by atoms with Gasteiger partial charge >= 0.3 is 0 Å². The third-order valence-electron chi connectivity index (χ3n) is 2.27. The van der Waals surface area contributed by atoms with Crippen LogP contribution in [0.15, 0.2) is 61.1 Å². The van der Waals surface area contributed by atoms with E-state index in [2.05, 4.69) is 48.5 Å². The van der Waals surface area contributed by atoms with E-state index in [4.69, 9.17) is 0 Å². The minimum Gasteiger partial charge on any atom is -0.361 e. The van der Waals surface area contributed by atoms with E-state index in [1.807, 2.05) is 19.1 Å². The molecule has 0 spiro atoms. The molecule has 15 heavy (non-hydrogen) atoms. The van der Waals surface area contributed by atoms with Gasteiger partial charge in [-0.2, -0.15) is 0 Å². The zero-order valence-corrected chi connectivity index (χ0v) is 9.48. The van der Waals surface area contributed by atoms with Crippen molar-refractivity contribution >= 4 is 0 Å². The van der Waals surface area contributed by atoms with Crippen molar-refractivity contribution in [2.24, 2.45) is 0 Å². The maximum atomic E-state index is 3.82. The van der Waals surface area contributed by atoms with Gasteiger partial charge in [-0.1, -0.05) is 37.5 Å². The zero-order valence-electron chi connectivity index (χ0n) is 9.48. The lowest BCUT2D eigenvalue weighted by molar-refractivity contribution is 0.349. The smallest absolute Gasteiger partial charge is 0.0939 e. The average molecular weight is 202 g/mol. The molecule has 2 heteroatoms. The second kappa shape index (κ2) is 5.25. The molecule has 0 N–H and O–H groups in total. The minimum atomic E-state index is 0.877. The maximum Gasteiger partial charge on any atom is 0.0939 e. The highest BCUT2D eigenvalue weighted by Crippen LogP contribution is 2.20. The van der Waals surface area contributed by atoms with Crippen LogP contribution in [0.5, 0.6) is 0 Å². The first-order valence-electron chi connectivity index (χ1n) is 5.00. The Labute approximate surface area is 92.2 Å². The van der Waals surface area contributed by atoms with Gasteiger partial charge in [-0.25, -0.2) is 0 Å². The van der Waals surface area contributed by atoms with E-state index in [9.17, 15) is 0 Å². The van der Waals surface area contributed by atoms with Gasteiger partial charge in [0, 0.05) is 25.1 Å². The normalized spacial score (nSPS) is 17.2. The Hall–Kier alpha value is -1.70. The van der Waals surface area contributed by atoms with Crippen LogP contribution in [0.4, 0.5) is 0 Å². The van der Waals surface area contributed by atoms with Gasteiger partial charge in [0.2, 0.25) is 0 Å². The fraction of sp³-hybridized carbons (Fsp3) is 0.231. The molecule has 2 nitrogen and oxygen atoms in total. The van der Waals surface area contributed by atoms with Crippen LogP contribution in [-0.2, 0) is 0 Å². The molecule has 0 radical (unpaired) electrons. The molecule has 0 atom stereocenters. The molecule has 0 unspecified atom stereocenters. The van der Waals surface area contributed by atoms with Crippen LogP contribution in [-0.4, -0.2) is 23.5 Å². The van der Waals surface area contributed by atoms with E-state index in [1.165, 1.54) is 0 Å². The first-order valence-corrected chi connectivity index (χ1v) is 5.00. The fourth-order valence-electron chi connectivity index (χ4n) is 1.57. The van der Waals surface area contributed by atoms with Crippen molar-refractivity contribution in [3.05, 3.63) is 61.1 Å². The molecule has 0 aromatic heterocycles. The van der Waals surface area contributed by atoms with Crippen LogP contribution in [0.1, 0.15) is 6.92 Å². The topological polar surface area (TPSA) is 6.48 Å². The van der Waals surface area contributed by atoms with Crippen molar-refractivity contribution in [1.29, 1.82) is 0 Å². The predicted octanol–water partition coefficient (Wildman–Crippen LogP) is 2.86. The monoisotopic (exact) mass is 202 g/mol. The van der Waals surface area contributed by atoms with Crippen LogP contribution < -0.4 is 0 Å². The van der Waals surface area contributed by atoms with E-state index in [-0.39, 0.29) is 0 Å². The van der Waals surface area contributed by atoms with Crippen molar-refractivity contribution in [3.63, 3.8) is 0 Å². The van der Waals surface area contributed by atoms with Gasteiger partial charge in [0.05, 0.1) is 6.67 Å². The number of hydrogen-bond donors (Lipinski definition) is 0. The Morgan fingerprint density at radius 1 is 1.33 bits per heavy atom. The summed E-state index contributed by atoms with van der Waals surface area (Å²) in [5.74, 6) is 0. The van der Waals surface area contributed by atoms with E-state index in [0.717, 1.165) is 17.9 Å². The number of nitrogens with zero attached hydrogens (tertiary/aromatic N) is 2. The number of rotatable bonds is 4. The zero-order chi connectivity index (χ0) is 11.3. The summed E-state index contributed by atoms with van der Waals surface area (Å²) in [6, 6.07) is 0. The number of allylic oxidation sites excluding steroid dienone is 4. The third kappa shape index (κ3) is 2.62. The Bertz CT molecular complexity index is 334. The summed E-state index contributed by atoms with van der Waals surface area (Å²) in [5.41, 5.74) is 2.25. The summed E-state index contributed by atoms with van der Waals surface area (Å²) < 4.78 is 0. The first kappa shape index (κ1) is 11.4. The molecule has 1 heterocycles. The van der Waals surface area contributed by atoms with Crippen LogP contribution in [0.2, 0.25) is 0 Å². The van der Waals surface area contributed by atoms with Gasteiger partial charge in [0.1, 0.15) is 0 Å². The molecule has 0 bridgehead atoms. The quantitative estimate of drug-likeness (QED) is 0.647. The molecular weight excluding hydrogens is 184 g/mol. The maximum absolute atomic E-state index is 3.82. The Balaban J connectivity index is 2.90. The van der Waals surface area contributed by atoms with Crippen molar-refractivity contribution in [3.8, 4) is 0 Å². The minimum absolute atomic E-state index is 0.877. The van der Waals surface area contributed by atoms with Gasteiger partial charge in [0.15, 0.2) is 0 Å². The standard InChI is InChI=1S/C13H18N2/c1-5-8-12(6-2)13(7-3)15-10-9-14(4)11-15/h5-10H,1-2,11H2,3-4H3/b12-8-,13-7+. The van der Waals surface area contributed by atoms with Crippen LogP contribution in [0.3, 0.4) is 0 Å². The Morgan fingerprint density at radius 3 is 2.47 bits per heavy atom. The second-order valence-electron chi connectivity index (χ2n) is 3.40. The molecule has 0 saturated carbocycles. The van der Waals surface area contributed by atoms with Crippen molar-refractivity contribution < 1.29 is 0 Å². The largest absolute Gasteiger partial charge is 0.361 e. The van der Waals surface area contributed by atoms with E-state index < -0.39 is 0 Å². The summed E-state index contributed by atoms with van der Waals surface area (Å²) in [4.78, 5) is 4.30. The van der Waals surface area contributed by atoms with E-state index >= 15 is 0 Å². The van der Waals surface area contributed by atoms with E-state index in [0.29, 0.717) is 0 Å². The second-order valence-corrected chi connectivity index (χ2v) is 3.40. The van der Waals surface area contributed by atoms with Crippen LogP contribution in [0, 0.1) is 0 Å². The molecule has 1 rings (SSSR count). The van der Waals surface area contributed by atoms with Crippen LogP contribution in [0.25, 0.3) is 0 Å². The molecule has 0 fully saturated rings. The molecule has 0 aromatic carbocycles. The van der Waals surface area contributed by atoms with Gasteiger partial charge < -0.3 is 9.80 Å². The lowest BCUT2D eigenvalue weighted by Gasteiger charge is -2.22. The fourth-order valence-corrected chi connectivity index (χ4v) is 1.57. The van der Waals surface area contributed by atoms with Gasteiger partial charge in [-0.15, -0.1) is 0 Å². The van der Waals surface area contributed by atoms with Crippen molar-refractivity contribution in [2.45, 2.75) is 6.92 Å². The SMILES string of the molecule is C=C/C=C(C=C)\C(=C/C)N1C=CN(C)C1. The lowest BCUT2D eigenvalue weighted by atomic mass is 10.1. The van der Waals surface area contributed by atoms with Crippen molar-refractivity contribution in [1.82, 2.24) is 9.80 Å². The summed E-state index contributed by atoms with van der Waals surface area (Å²) in [7, 11) is 2.05. The third-order valence-corrected chi connectivity index (χ3v) is 2.27. The van der Waals surface area contributed by atoms with Gasteiger partial charge in [-0.05, 0) is 12.5 Å². The average Bonchev–Trinajstić information content (AvgIpc) is 2.64. The Kier molecular flexibility index (Phi) is 3.98. The van der Waals surface area contributed by atoms with Gasteiger partial charge in [-0.3, -0.25) is 0 Å². The molecule has 1 aliphatic heterocycles. The molecule has 0 aromatic rings. The highest BCUT2D eigenvalue weighted by atomic mass is 15.3. The molecular formula is C13H18N2.